The molecule has 2 N–H and O–H groups in total. The van der Waals surface area contributed by atoms with E-state index in [1.54, 1.807) is 13.3 Å². The lowest BCUT2D eigenvalue weighted by molar-refractivity contribution is 0.101. The molecule has 1 aromatic carbocycles. The van der Waals surface area contributed by atoms with E-state index in [1.165, 1.54) is 6.20 Å². The summed E-state index contributed by atoms with van der Waals surface area (Å²) in [4.78, 5) is 18.4. The topological polar surface area (TPSA) is 67.0 Å². The monoisotopic (exact) mass is 231 g/mol. The number of carbonyl (C=O) groups excluding carboxylic acids is 1. The van der Waals surface area contributed by atoms with Crippen molar-refractivity contribution in [1.82, 2.24) is 9.97 Å². The number of imidazole rings is 1. The van der Waals surface area contributed by atoms with Gasteiger partial charge in [0.15, 0.2) is 5.82 Å². The van der Waals surface area contributed by atoms with Crippen molar-refractivity contribution >= 4 is 11.6 Å². The van der Waals surface area contributed by atoms with E-state index in [0.717, 1.165) is 5.56 Å². The number of methoxy groups -OCH3 is 1. The van der Waals surface area contributed by atoms with Crippen LogP contribution in [0.1, 0.15) is 16.2 Å². The fourth-order valence-electron chi connectivity index (χ4n) is 1.49. The first kappa shape index (κ1) is 11.2. The molecule has 5 nitrogen and oxygen atoms in total. The summed E-state index contributed by atoms with van der Waals surface area (Å²) in [5, 5.41) is 2.75. The zero-order valence-electron chi connectivity index (χ0n) is 9.65. The van der Waals surface area contributed by atoms with Crippen molar-refractivity contribution in [3.8, 4) is 5.75 Å². The van der Waals surface area contributed by atoms with Gasteiger partial charge in [-0.15, -0.1) is 0 Å². The van der Waals surface area contributed by atoms with E-state index in [-0.39, 0.29) is 11.7 Å². The summed E-state index contributed by atoms with van der Waals surface area (Å²) in [6.45, 7) is 1.95. The molecule has 88 valence electrons. The SMILES string of the molecule is COc1ccc(C)cc1NC(=O)c1ncc[nH]1. The minimum absolute atomic E-state index is 0.272. The summed E-state index contributed by atoms with van der Waals surface area (Å²) in [5.41, 5.74) is 1.68. The number of aromatic amines is 1. The molecular weight excluding hydrogens is 218 g/mol. The van der Waals surface area contributed by atoms with E-state index in [9.17, 15) is 4.79 Å². The normalized spacial score (nSPS) is 10.0. The van der Waals surface area contributed by atoms with Crippen molar-refractivity contribution in [2.45, 2.75) is 6.92 Å². The number of H-pyrrole nitrogens is 1. The van der Waals surface area contributed by atoms with Crippen LogP contribution in [0.3, 0.4) is 0 Å². The van der Waals surface area contributed by atoms with Crippen LogP contribution in [0, 0.1) is 6.92 Å². The molecule has 0 bridgehead atoms. The number of aryl methyl sites for hydroxylation is 1. The van der Waals surface area contributed by atoms with Crippen LogP contribution in [0.25, 0.3) is 0 Å². The molecule has 0 aliphatic heterocycles. The number of carbonyl (C=O) groups is 1. The van der Waals surface area contributed by atoms with Gasteiger partial charge in [-0.25, -0.2) is 4.98 Å². The molecule has 0 radical (unpaired) electrons. The van der Waals surface area contributed by atoms with Crippen LogP contribution in [0.2, 0.25) is 0 Å². The number of hydrogen-bond donors (Lipinski definition) is 2. The summed E-state index contributed by atoms with van der Waals surface area (Å²) < 4.78 is 5.17. The highest BCUT2D eigenvalue weighted by Gasteiger charge is 2.11. The molecule has 0 atom stereocenters. The zero-order chi connectivity index (χ0) is 12.3. The maximum absolute atomic E-state index is 11.8. The van der Waals surface area contributed by atoms with Crippen LogP contribution < -0.4 is 10.1 Å². The molecular formula is C12H13N3O2. The Balaban J connectivity index is 2.23. The number of amides is 1. The van der Waals surface area contributed by atoms with Crippen molar-refractivity contribution in [3.05, 3.63) is 42.0 Å². The van der Waals surface area contributed by atoms with Crippen molar-refractivity contribution in [2.24, 2.45) is 0 Å². The number of hydrogen-bond acceptors (Lipinski definition) is 3. The summed E-state index contributed by atoms with van der Waals surface area (Å²) >= 11 is 0. The number of aromatic nitrogens is 2. The molecule has 1 aromatic heterocycles. The van der Waals surface area contributed by atoms with E-state index in [4.69, 9.17) is 4.74 Å². The molecule has 2 aromatic rings. The Morgan fingerprint density at radius 3 is 2.94 bits per heavy atom. The summed E-state index contributed by atoms with van der Waals surface area (Å²) in [5.74, 6) is 0.600. The number of anilines is 1. The first-order valence-electron chi connectivity index (χ1n) is 5.16. The van der Waals surface area contributed by atoms with Crippen LogP contribution in [-0.4, -0.2) is 23.0 Å². The van der Waals surface area contributed by atoms with Gasteiger partial charge in [0.2, 0.25) is 0 Å². The molecule has 17 heavy (non-hydrogen) atoms. The van der Waals surface area contributed by atoms with Gasteiger partial charge in [-0.1, -0.05) is 6.07 Å². The van der Waals surface area contributed by atoms with Gasteiger partial charge < -0.3 is 15.0 Å². The van der Waals surface area contributed by atoms with Gasteiger partial charge in [0.05, 0.1) is 12.8 Å². The van der Waals surface area contributed by atoms with Gasteiger partial charge in [-0.2, -0.15) is 0 Å². The molecule has 0 aliphatic rings. The highest BCUT2D eigenvalue weighted by molar-refractivity contribution is 6.02. The highest BCUT2D eigenvalue weighted by atomic mass is 16.5. The predicted octanol–water partition coefficient (Wildman–Crippen LogP) is 1.98. The predicted molar refractivity (Wildman–Crippen MR) is 64.3 cm³/mol. The molecule has 0 spiro atoms. The van der Waals surface area contributed by atoms with Crippen molar-refractivity contribution in [2.75, 3.05) is 12.4 Å². The van der Waals surface area contributed by atoms with Crippen molar-refractivity contribution < 1.29 is 9.53 Å². The van der Waals surface area contributed by atoms with Gasteiger partial charge in [-0.3, -0.25) is 4.79 Å². The van der Waals surface area contributed by atoms with Gasteiger partial charge in [0.1, 0.15) is 5.75 Å². The Morgan fingerprint density at radius 2 is 2.29 bits per heavy atom. The molecule has 0 aliphatic carbocycles. The second kappa shape index (κ2) is 4.69. The largest absolute Gasteiger partial charge is 0.495 e. The van der Waals surface area contributed by atoms with Gasteiger partial charge >= 0.3 is 0 Å². The van der Waals surface area contributed by atoms with Gasteiger partial charge in [0.25, 0.3) is 5.91 Å². The Bertz CT molecular complexity index is 521. The quantitative estimate of drug-likeness (QED) is 0.848. The highest BCUT2D eigenvalue weighted by Crippen LogP contribution is 2.25. The van der Waals surface area contributed by atoms with E-state index in [0.29, 0.717) is 11.4 Å². The Labute approximate surface area is 98.8 Å². The molecule has 1 amide bonds. The Morgan fingerprint density at radius 1 is 1.47 bits per heavy atom. The van der Waals surface area contributed by atoms with E-state index in [1.807, 2.05) is 25.1 Å². The van der Waals surface area contributed by atoms with Crippen molar-refractivity contribution in [1.29, 1.82) is 0 Å². The number of nitrogens with one attached hydrogen (secondary N) is 2. The molecule has 0 fully saturated rings. The number of benzene rings is 1. The first-order valence-corrected chi connectivity index (χ1v) is 5.16. The number of rotatable bonds is 3. The van der Waals surface area contributed by atoms with Gasteiger partial charge in [0, 0.05) is 12.4 Å². The average molecular weight is 231 g/mol. The minimum Gasteiger partial charge on any atom is -0.495 e. The molecule has 1 heterocycles. The fraction of sp³-hybridized carbons (Fsp3) is 0.167. The molecule has 2 rings (SSSR count). The smallest absolute Gasteiger partial charge is 0.291 e. The van der Waals surface area contributed by atoms with Crippen LogP contribution in [-0.2, 0) is 0 Å². The zero-order valence-corrected chi connectivity index (χ0v) is 9.65. The third kappa shape index (κ3) is 2.44. The third-order valence-electron chi connectivity index (χ3n) is 2.32. The second-order valence-corrected chi connectivity index (χ2v) is 3.60. The summed E-state index contributed by atoms with van der Waals surface area (Å²) in [6, 6.07) is 5.58. The number of ether oxygens (including phenoxy) is 1. The van der Waals surface area contributed by atoms with Crippen LogP contribution in [0.15, 0.2) is 30.6 Å². The lowest BCUT2D eigenvalue weighted by atomic mass is 10.2. The lowest BCUT2D eigenvalue weighted by Crippen LogP contribution is -2.14. The van der Waals surface area contributed by atoms with Gasteiger partial charge in [-0.05, 0) is 24.6 Å². The maximum atomic E-state index is 11.8. The van der Waals surface area contributed by atoms with Crippen molar-refractivity contribution in [3.63, 3.8) is 0 Å². The lowest BCUT2D eigenvalue weighted by Gasteiger charge is -2.09. The van der Waals surface area contributed by atoms with E-state index >= 15 is 0 Å². The first-order chi connectivity index (χ1) is 8.20. The Kier molecular flexibility index (Phi) is 3.09. The second-order valence-electron chi connectivity index (χ2n) is 3.60. The van der Waals surface area contributed by atoms with E-state index in [2.05, 4.69) is 15.3 Å². The molecule has 5 heteroatoms. The number of nitrogens with zero attached hydrogens (tertiary/aromatic N) is 1. The Hall–Kier alpha value is -2.30. The minimum atomic E-state index is -0.293. The maximum Gasteiger partial charge on any atom is 0.291 e. The van der Waals surface area contributed by atoms with E-state index < -0.39 is 0 Å². The third-order valence-corrected chi connectivity index (χ3v) is 2.32. The average Bonchev–Trinajstić information content (AvgIpc) is 2.83. The summed E-state index contributed by atoms with van der Waals surface area (Å²) in [6.07, 6.45) is 3.13. The van der Waals surface area contributed by atoms with Crippen LogP contribution >= 0.6 is 0 Å². The van der Waals surface area contributed by atoms with Crippen LogP contribution in [0.4, 0.5) is 5.69 Å². The standard InChI is InChI=1S/C12H13N3O2/c1-8-3-4-10(17-2)9(7-8)15-12(16)11-13-5-6-14-11/h3-7H,1-2H3,(H,13,14)(H,15,16). The fourth-order valence-corrected chi connectivity index (χ4v) is 1.49. The van der Waals surface area contributed by atoms with Crippen LogP contribution in [0.5, 0.6) is 5.75 Å². The molecule has 0 saturated carbocycles. The molecule has 0 saturated heterocycles. The molecule has 0 unspecified atom stereocenters. The summed E-state index contributed by atoms with van der Waals surface area (Å²) in [7, 11) is 1.56.